The Kier molecular flexibility index (Phi) is 21.1. The summed E-state index contributed by atoms with van der Waals surface area (Å²) in [6, 6.07) is 28.7. The zero-order valence-corrected chi connectivity index (χ0v) is 38.2. The highest BCUT2D eigenvalue weighted by molar-refractivity contribution is 5.97. The number of carbonyl (C=O) groups is 4. The Hall–Kier alpha value is -6.16. The molecule has 1 amide bonds. The van der Waals surface area contributed by atoms with E-state index in [0.29, 0.717) is 48.9 Å². The number of nitrogens with zero attached hydrogens (tertiary/aromatic N) is 5. The largest absolute Gasteiger partial charge is 0.481 e. The number of hydrogen-bond acceptors (Lipinski definition) is 11. The Bertz CT molecular complexity index is 2150. The fraction of sp³-hybridized carbons (Fsp3) is 0.440. The summed E-state index contributed by atoms with van der Waals surface area (Å²) in [7, 11) is 0. The first-order valence-corrected chi connectivity index (χ1v) is 22.5. The van der Waals surface area contributed by atoms with Gasteiger partial charge in [-0.15, -0.1) is 0 Å². The van der Waals surface area contributed by atoms with Gasteiger partial charge in [0, 0.05) is 127 Å². The van der Waals surface area contributed by atoms with E-state index in [1.807, 2.05) is 4.90 Å². The summed E-state index contributed by atoms with van der Waals surface area (Å²) < 4.78 is 0. The van der Waals surface area contributed by atoms with Crippen LogP contribution >= 0.6 is 0 Å². The molecule has 0 radical (unpaired) electrons. The van der Waals surface area contributed by atoms with Gasteiger partial charge in [0.15, 0.2) is 11.6 Å². The standard InChI is InChI=1S/C25H31N3O4.C14H22N2.C11H11NO5/c1-19(2)21-8-6-20(7-9-21)18-26-14-16-27(17-15-26)25(30)5-3-4-24(29)22-10-12-23(13-11-22)28(31)32;1-12(2)14-5-3-13(4-6-14)11-16-9-7-15-8-10-16;13-10(2-1-3-11(14)15)8-4-6-9(7-5-8)12(16)17/h6-13,19H,3-5,14-18H2,1-2H3;3-6,12,15H,7-11H2,1-2H3;4-7H,1-3H2,(H,14,15). The monoisotopic (exact) mass is 892 g/mol. The molecule has 4 aromatic carbocycles. The molecule has 2 heterocycles. The van der Waals surface area contributed by atoms with Crippen molar-refractivity contribution < 1.29 is 34.1 Å². The smallest absolute Gasteiger partial charge is 0.303 e. The summed E-state index contributed by atoms with van der Waals surface area (Å²) >= 11 is 0. The Morgan fingerprint density at radius 2 is 0.938 bits per heavy atom. The van der Waals surface area contributed by atoms with E-state index in [9.17, 15) is 39.4 Å². The summed E-state index contributed by atoms with van der Waals surface area (Å²) in [6.07, 6.45) is 1.43. The van der Waals surface area contributed by atoms with Gasteiger partial charge in [-0.1, -0.05) is 76.2 Å². The Morgan fingerprint density at radius 1 is 0.554 bits per heavy atom. The highest BCUT2D eigenvalue weighted by atomic mass is 16.6. The van der Waals surface area contributed by atoms with Gasteiger partial charge in [-0.2, -0.15) is 0 Å². The predicted molar refractivity (Wildman–Crippen MR) is 251 cm³/mol. The van der Waals surface area contributed by atoms with Crippen LogP contribution in [0, 0.1) is 20.2 Å². The molecule has 0 aliphatic carbocycles. The second kappa shape index (κ2) is 26.6. The van der Waals surface area contributed by atoms with Gasteiger partial charge in [0.25, 0.3) is 11.4 Å². The highest BCUT2D eigenvalue weighted by Gasteiger charge is 2.21. The number of carbonyl (C=O) groups excluding carboxylic acids is 3. The molecular weight excluding hydrogens is 829 g/mol. The van der Waals surface area contributed by atoms with Crippen LogP contribution in [0.4, 0.5) is 11.4 Å². The van der Waals surface area contributed by atoms with Crippen molar-refractivity contribution in [2.24, 2.45) is 0 Å². The third-order valence-corrected chi connectivity index (χ3v) is 11.4. The number of nitrogens with one attached hydrogen (secondary N) is 1. The number of piperazine rings is 2. The molecule has 0 saturated carbocycles. The normalized spacial score (nSPS) is 14.2. The second-order valence-corrected chi connectivity index (χ2v) is 17.0. The van der Waals surface area contributed by atoms with Gasteiger partial charge in [0.2, 0.25) is 5.91 Å². The number of non-ortho nitro benzene ring substituents is 2. The van der Waals surface area contributed by atoms with E-state index in [4.69, 9.17) is 5.11 Å². The van der Waals surface area contributed by atoms with E-state index in [1.165, 1.54) is 83.9 Å². The first kappa shape index (κ1) is 51.5. The molecule has 2 saturated heterocycles. The van der Waals surface area contributed by atoms with Gasteiger partial charge in [0.05, 0.1) is 9.85 Å². The van der Waals surface area contributed by atoms with Gasteiger partial charge in [-0.05, 0) is 71.2 Å². The molecule has 2 fully saturated rings. The summed E-state index contributed by atoms with van der Waals surface area (Å²) in [4.78, 5) is 73.4. The zero-order valence-electron chi connectivity index (χ0n) is 38.2. The van der Waals surface area contributed by atoms with Crippen molar-refractivity contribution in [2.45, 2.75) is 91.1 Å². The lowest BCUT2D eigenvalue weighted by molar-refractivity contribution is -0.385. The van der Waals surface area contributed by atoms with Crippen LogP contribution in [0.2, 0.25) is 0 Å². The van der Waals surface area contributed by atoms with Crippen molar-refractivity contribution in [1.82, 2.24) is 20.0 Å². The minimum Gasteiger partial charge on any atom is -0.481 e. The molecule has 15 nitrogen and oxygen atoms in total. The lowest BCUT2D eigenvalue weighted by Gasteiger charge is -2.35. The fourth-order valence-electron chi connectivity index (χ4n) is 7.34. The van der Waals surface area contributed by atoms with E-state index in [0.717, 1.165) is 39.3 Å². The quantitative estimate of drug-likeness (QED) is 0.0549. The zero-order chi connectivity index (χ0) is 47.3. The molecule has 0 spiro atoms. The highest BCUT2D eigenvalue weighted by Crippen LogP contribution is 2.19. The van der Waals surface area contributed by atoms with E-state index in [1.54, 1.807) is 0 Å². The molecule has 0 aromatic heterocycles. The maximum absolute atomic E-state index is 12.5. The molecule has 4 aromatic rings. The third kappa shape index (κ3) is 18.1. The maximum Gasteiger partial charge on any atom is 0.303 e. The molecule has 0 atom stereocenters. The van der Waals surface area contributed by atoms with Crippen molar-refractivity contribution in [2.75, 3.05) is 52.4 Å². The third-order valence-electron chi connectivity index (χ3n) is 11.4. The molecular formula is C50H64N6O9. The van der Waals surface area contributed by atoms with Crippen LogP contribution in [0.25, 0.3) is 0 Å². The average Bonchev–Trinajstić information content (AvgIpc) is 3.30. The van der Waals surface area contributed by atoms with E-state index < -0.39 is 15.8 Å². The van der Waals surface area contributed by atoms with Crippen LogP contribution in [0.5, 0.6) is 0 Å². The number of ketones is 2. The average molecular weight is 893 g/mol. The first-order chi connectivity index (χ1) is 31.1. The van der Waals surface area contributed by atoms with Crippen molar-refractivity contribution >= 4 is 34.8 Å². The molecule has 2 aliphatic heterocycles. The number of Topliss-reactive ketones (excluding diaryl/α,β-unsaturated/α-hetero) is 2. The van der Waals surface area contributed by atoms with Crippen molar-refractivity contribution in [1.29, 1.82) is 0 Å². The SMILES string of the molecule is CC(C)c1ccc(CN2CCN(C(=O)CCCC(=O)c3ccc([N+](=O)[O-])cc3)CC2)cc1.CC(C)c1ccc(CN2CCNCC2)cc1.O=C(O)CCCC(=O)c1ccc([N+](=O)[O-])cc1. The minimum atomic E-state index is -0.943. The summed E-state index contributed by atoms with van der Waals surface area (Å²) in [5.41, 5.74) is 6.19. The Morgan fingerprint density at radius 3 is 1.31 bits per heavy atom. The number of nitro groups is 2. The van der Waals surface area contributed by atoms with E-state index >= 15 is 0 Å². The number of aliphatic carboxylic acids is 1. The van der Waals surface area contributed by atoms with Crippen LogP contribution in [0.15, 0.2) is 97.1 Å². The van der Waals surface area contributed by atoms with Gasteiger partial charge in [-0.25, -0.2) is 0 Å². The van der Waals surface area contributed by atoms with Gasteiger partial charge in [-0.3, -0.25) is 49.2 Å². The van der Waals surface area contributed by atoms with Gasteiger partial charge < -0.3 is 15.3 Å². The fourth-order valence-corrected chi connectivity index (χ4v) is 7.34. The lowest BCUT2D eigenvalue weighted by atomic mass is 10.0. The number of carboxylic acid groups (broad SMARTS) is 1. The van der Waals surface area contributed by atoms with Crippen LogP contribution in [-0.4, -0.2) is 105 Å². The molecule has 0 bridgehead atoms. The number of carboxylic acids is 1. The summed E-state index contributed by atoms with van der Waals surface area (Å²) in [6.45, 7) is 18.6. The van der Waals surface area contributed by atoms with Crippen molar-refractivity contribution in [3.05, 3.63) is 151 Å². The van der Waals surface area contributed by atoms with Crippen LogP contribution < -0.4 is 5.32 Å². The molecule has 0 unspecified atom stereocenters. The number of nitro benzene ring substituents is 2. The van der Waals surface area contributed by atoms with Crippen molar-refractivity contribution in [3.63, 3.8) is 0 Å². The molecule has 348 valence electrons. The van der Waals surface area contributed by atoms with Crippen molar-refractivity contribution in [3.8, 4) is 0 Å². The number of hydrogen-bond donors (Lipinski definition) is 2. The first-order valence-electron chi connectivity index (χ1n) is 22.5. The van der Waals surface area contributed by atoms with E-state index in [2.05, 4.69) is 91.3 Å². The molecule has 2 aliphatic rings. The Balaban J connectivity index is 0.000000235. The minimum absolute atomic E-state index is 0.0385. The Labute approximate surface area is 382 Å². The van der Waals surface area contributed by atoms with Crippen LogP contribution in [0.3, 0.4) is 0 Å². The van der Waals surface area contributed by atoms with Gasteiger partial charge in [0.1, 0.15) is 0 Å². The predicted octanol–water partition coefficient (Wildman–Crippen LogP) is 8.66. The maximum atomic E-state index is 12.5. The van der Waals surface area contributed by atoms with Crippen LogP contribution in [-0.2, 0) is 22.7 Å². The summed E-state index contributed by atoms with van der Waals surface area (Å²) in [5.74, 6) is 0.00218. The van der Waals surface area contributed by atoms with E-state index in [-0.39, 0.29) is 54.5 Å². The topological polar surface area (TPSA) is 197 Å². The lowest BCUT2D eigenvalue weighted by Crippen LogP contribution is -2.48. The number of amides is 1. The number of rotatable bonds is 18. The molecule has 2 N–H and O–H groups in total. The molecule has 15 heteroatoms. The number of benzene rings is 4. The molecule has 6 rings (SSSR count). The second-order valence-electron chi connectivity index (χ2n) is 17.0. The van der Waals surface area contributed by atoms with Crippen LogP contribution in [0.1, 0.15) is 121 Å². The van der Waals surface area contributed by atoms with Gasteiger partial charge >= 0.3 is 5.97 Å². The summed E-state index contributed by atoms with van der Waals surface area (Å²) in [5, 5.41) is 32.9. The molecule has 65 heavy (non-hydrogen) atoms.